The lowest BCUT2D eigenvalue weighted by Gasteiger charge is -2.25. The maximum atomic E-state index is 5.56. The van der Waals surface area contributed by atoms with Gasteiger partial charge in [0.1, 0.15) is 13.2 Å². The van der Waals surface area contributed by atoms with Gasteiger partial charge in [-0.15, -0.1) is 30.6 Å². The minimum Gasteiger partial charge on any atom is -0.456 e. The SMILES string of the molecule is Clc1nnc(OCC(Br)(COc2nnc(Cl)nn2)Oc2nnc(Cl)nn2)nn1. The molecule has 3 rings (SSSR count). The van der Waals surface area contributed by atoms with Crippen LogP contribution in [-0.4, -0.2) is 78.9 Å². The first kappa shape index (κ1) is 20.3. The van der Waals surface area contributed by atoms with Crippen LogP contribution in [0.3, 0.4) is 0 Å². The van der Waals surface area contributed by atoms with E-state index in [1.54, 1.807) is 0 Å². The van der Waals surface area contributed by atoms with Crippen molar-refractivity contribution in [2.45, 2.75) is 4.51 Å². The maximum absolute atomic E-state index is 5.56. The van der Waals surface area contributed by atoms with Crippen molar-refractivity contribution >= 4 is 50.7 Å². The zero-order chi connectivity index (χ0) is 20.0. The highest BCUT2D eigenvalue weighted by molar-refractivity contribution is 9.10. The van der Waals surface area contributed by atoms with Crippen LogP contribution in [0.25, 0.3) is 0 Å². The number of rotatable bonds is 8. The van der Waals surface area contributed by atoms with Gasteiger partial charge in [0, 0.05) is 0 Å². The summed E-state index contributed by atoms with van der Waals surface area (Å²) in [6.45, 7) is -0.503. The number of ether oxygens (including phenoxy) is 3. The van der Waals surface area contributed by atoms with E-state index in [4.69, 9.17) is 49.0 Å². The van der Waals surface area contributed by atoms with E-state index >= 15 is 0 Å². The number of aromatic nitrogens is 12. The summed E-state index contributed by atoms with van der Waals surface area (Å²) in [5.74, 6) is 0. The second kappa shape index (κ2) is 9.18. The average Bonchev–Trinajstić information content (AvgIpc) is 2.69. The molecule has 3 aromatic heterocycles. The second-order valence-corrected chi connectivity index (χ2v) is 6.88. The van der Waals surface area contributed by atoms with E-state index in [9.17, 15) is 0 Å². The molecule has 0 atom stereocenters. The third kappa shape index (κ3) is 6.04. The van der Waals surface area contributed by atoms with Crippen LogP contribution in [0.15, 0.2) is 0 Å². The standard InChI is InChI=1S/C9H4BrCl3N12O3/c10-9(28-8-24-18-5(13)19-25-8,1-26-6-20-14-3(11)15-21-6)2-27-7-22-16-4(12)17-23-7/h1-2H2. The Morgan fingerprint density at radius 3 is 1.25 bits per heavy atom. The molecule has 3 heterocycles. The summed E-state index contributed by atoms with van der Waals surface area (Å²) in [5.41, 5.74) is 0. The summed E-state index contributed by atoms with van der Waals surface area (Å²) in [6, 6.07) is -0.609. The molecule has 0 saturated carbocycles. The Kier molecular flexibility index (Phi) is 6.65. The third-order valence-corrected chi connectivity index (χ3v) is 3.49. The van der Waals surface area contributed by atoms with E-state index in [2.05, 4.69) is 77.1 Å². The van der Waals surface area contributed by atoms with E-state index in [-0.39, 0.29) is 47.1 Å². The average molecular weight is 514 g/mol. The van der Waals surface area contributed by atoms with Gasteiger partial charge in [-0.25, -0.2) is 0 Å². The molecule has 0 aliphatic rings. The fourth-order valence-electron chi connectivity index (χ4n) is 1.39. The van der Waals surface area contributed by atoms with Crippen LogP contribution >= 0.6 is 50.7 Å². The van der Waals surface area contributed by atoms with Gasteiger partial charge in [-0.2, -0.15) is 0 Å². The molecule has 0 bridgehead atoms. The van der Waals surface area contributed by atoms with Crippen LogP contribution in [0.5, 0.6) is 18.0 Å². The van der Waals surface area contributed by atoms with Gasteiger partial charge in [-0.1, -0.05) is 30.6 Å². The zero-order valence-electron chi connectivity index (χ0n) is 13.0. The molecular formula is C9H4BrCl3N12O3. The van der Waals surface area contributed by atoms with Crippen molar-refractivity contribution in [3.05, 3.63) is 15.9 Å². The van der Waals surface area contributed by atoms with E-state index in [1.807, 2.05) is 0 Å². The molecular weight excluding hydrogens is 510 g/mol. The summed E-state index contributed by atoms with van der Waals surface area (Å²) in [4.78, 5) is 0. The van der Waals surface area contributed by atoms with Crippen LogP contribution in [-0.2, 0) is 0 Å². The Morgan fingerprint density at radius 2 is 0.893 bits per heavy atom. The highest BCUT2D eigenvalue weighted by Gasteiger charge is 2.34. The van der Waals surface area contributed by atoms with Gasteiger partial charge in [0.05, 0.1) is 0 Å². The van der Waals surface area contributed by atoms with E-state index in [1.165, 1.54) is 0 Å². The predicted octanol–water partition coefficient (Wildman–Crippen LogP) is 0.0148. The van der Waals surface area contributed by atoms with Gasteiger partial charge in [-0.05, 0) is 50.7 Å². The van der Waals surface area contributed by atoms with Crippen molar-refractivity contribution in [2.75, 3.05) is 13.2 Å². The van der Waals surface area contributed by atoms with Crippen LogP contribution in [0.1, 0.15) is 0 Å². The Hall–Kier alpha value is -2.43. The molecule has 0 saturated heterocycles. The third-order valence-electron chi connectivity index (χ3n) is 2.42. The zero-order valence-corrected chi connectivity index (χ0v) is 16.9. The molecule has 28 heavy (non-hydrogen) atoms. The first-order chi connectivity index (χ1) is 13.4. The van der Waals surface area contributed by atoms with Crippen molar-refractivity contribution in [2.24, 2.45) is 0 Å². The molecule has 19 heteroatoms. The van der Waals surface area contributed by atoms with Gasteiger partial charge in [0.25, 0.3) is 15.9 Å². The molecule has 15 nitrogen and oxygen atoms in total. The molecule has 0 N–H and O–H groups in total. The van der Waals surface area contributed by atoms with Crippen molar-refractivity contribution in [1.29, 1.82) is 0 Å². The van der Waals surface area contributed by atoms with E-state index in [0.717, 1.165) is 0 Å². The van der Waals surface area contributed by atoms with Crippen LogP contribution in [0.4, 0.5) is 0 Å². The molecule has 0 unspecified atom stereocenters. The lowest BCUT2D eigenvalue weighted by atomic mass is 10.4. The van der Waals surface area contributed by atoms with Crippen molar-refractivity contribution < 1.29 is 14.2 Å². The lowest BCUT2D eigenvalue weighted by Crippen LogP contribution is -2.43. The molecule has 0 aliphatic carbocycles. The second-order valence-electron chi connectivity index (χ2n) is 4.42. The summed E-state index contributed by atoms with van der Waals surface area (Å²) < 4.78 is 14.9. The van der Waals surface area contributed by atoms with Crippen molar-refractivity contribution in [1.82, 2.24) is 61.2 Å². The molecule has 0 amide bonds. The Morgan fingerprint density at radius 1 is 0.571 bits per heavy atom. The van der Waals surface area contributed by atoms with Gasteiger partial charge in [0.15, 0.2) is 0 Å². The fourth-order valence-corrected chi connectivity index (χ4v) is 1.99. The van der Waals surface area contributed by atoms with Crippen LogP contribution in [0.2, 0.25) is 15.9 Å². The van der Waals surface area contributed by atoms with Crippen LogP contribution in [0, 0.1) is 0 Å². The normalized spacial score (nSPS) is 11.1. The molecule has 3 aromatic rings. The van der Waals surface area contributed by atoms with Crippen molar-refractivity contribution in [3.8, 4) is 18.0 Å². The summed E-state index contributed by atoms with van der Waals surface area (Å²) in [7, 11) is 0. The monoisotopic (exact) mass is 512 g/mol. The smallest absolute Gasteiger partial charge is 0.356 e. The van der Waals surface area contributed by atoms with E-state index < -0.39 is 4.51 Å². The highest BCUT2D eigenvalue weighted by Crippen LogP contribution is 2.23. The van der Waals surface area contributed by atoms with Gasteiger partial charge in [-0.3, -0.25) is 0 Å². The Bertz CT molecular complexity index is 855. The molecule has 0 spiro atoms. The summed E-state index contributed by atoms with van der Waals surface area (Å²) in [6.07, 6.45) is 0. The van der Waals surface area contributed by atoms with Crippen molar-refractivity contribution in [3.63, 3.8) is 0 Å². The topological polar surface area (TPSA) is 182 Å². The molecule has 0 aromatic carbocycles. The van der Waals surface area contributed by atoms with E-state index in [0.29, 0.717) is 0 Å². The quantitative estimate of drug-likeness (QED) is 0.366. The van der Waals surface area contributed by atoms with Crippen LogP contribution < -0.4 is 14.2 Å². The van der Waals surface area contributed by atoms with Gasteiger partial charge in [0.2, 0.25) is 4.51 Å². The minimum absolute atomic E-state index is 0.149. The number of alkyl halides is 1. The fraction of sp³-hybridized carbons (Fsp3) is 0.333. The molecule has 0 aliphatic heterocycles. The summed E-state index contributed by atoms with van der Waals surface area (Å²) >= 11 is 19.9. The number of nitrogens with zero attached hydrogens (tertiary/aromatic N) is 12. The number of hydrogen-bond acceptors (Lipinski definition) is 15. The highest BCUT2D eigenvalue weighted by atomic mass is 79.9. The number of hydrogen-bond donors (Lipinski definition) is 0. The van der Waals surface area contributed by atoms with Gasteiger partial charge < -0.3 is 14.2 Å². The number of halogens is 4. The Balaban J connectivity index is 1.72. The maximum Gasteiger partial charge on any atom is 0.356 e. The largest absolute Gasteiger partial charge is 0.456 e. The Labute approximate surface area is 177 Å². The first-order valence-corrected chi connectivity index (χ1v) is 8.67. The predicted molar refractivity (Wildman–Crippen MR) is 91.2 cm³/mol. The molecule has 146 valence electrons. The molecule has 0 radical (unpaired) electrons. The summed E-state index contributed by atoms with van der Waals surface area (Å²) in [5, 5.41) is 42.2. The first-order valence-electron chi connectivity index (χ1n) is 6.74. The van der Waals surface area contributed by atoms with Gasteiger partial charge >= 0.3 is 18.0 Å². The lowest BCUT2D eigenvalue weighted by molar-refractivity contribution is 0.0424. The minimum atomic E-state index is -1.42. The molecule has 0 fully saturated rings.